The number of amides is 2. The van der Waals surface area contributed by atoms with Crippen molar-refractivity contribution < 1.29 is 18.4 Å². The van der Waals surface area contributed by atoms with E-state index in [9.17, 15) is 18.4 Å². The summed E-state index contributed by atoms with van der Waals surface area (Å²) in [6.45, 7) is 2.14. The Morgan fingerprint density at radius 1 is 1.00 bits per heavy atom. The Morgan fingerprint density at radius 3 is 2.12 bits per heavy atom. The molecule has 2 aromatic carbocycles. The van der Waals surface area contributed by atoms with E-state index >= 15 is 0 Å². The number of rotatable bonds is 10. The van der Waals surface area contributed by atoms with Crippen LogP contribution in [-0.4, -0.2) is 34.6 Å². The van der Waals surface area contributed by atoms with Crippen molar-refractivity contribution in [1.29, 1.82) is 0 Å². The average Bonchev–Trinajstić information content (AvgIpc) is 3.29. The van der Waals surface area contributed by atoms with Crippen molar-refractivity contribution >= 4 is 23.6 Å². The third-order valence-electron chi connectivity index (χ3n) is 5.76. The SMILES string of the molecule is CC[C@H](C(=O)NC1CCCC1)N(Cc1ccc(F)cc1)C(=O)CSCc1ccc(F)cc1. The summed E-state index contributed by atoms with van der Waals surface area (Å²) in [5.74, 6) is -0.132. The second-order valence-corrected chi connectivity index (χ2v) is 9.17. The van der Waals surface area contributed by atoms with Crippen molar-refractivity contribution in [3.05, 3.63) is 71.3 Å². The Kier molecular flexibility index (Phi) is 9.09. The van der Waals surface area contributed by atoms with Gasteiger partial charge < -0.3 is 10.2 Å². The monoisotopic (exact) mass is 460 g/mol. The van der Waals surface area contributed by atoms with E-state index in [0.29, 0.717) is 12.2 Å². The molecular weight excluding hydrogens is 430 g/mol. The van der Waals surface area contributed by atoms with Crippen molar-refractivity contribution in [2.24, 2.45) is 0 Å². The maximum Gasteiger partial charge on any atom is 0.243 e. The molecule has 0 saturated heterocycles. The lowest BCUT2D eigenvalue weighted by atomic mass is 10.1. The van der Waals surface area contributed by atoms with Gasteiger partial charge in [0.2, 0.25) is 11.8 Å². The third-order valence-corrected chi connectivity index (χ3v) is 6.75. The molecule has 1 aliphatic carbocycles. The molecule has 1 saturated carbocycles. The molecule has 0 radical (unpaired) electrons. The summed E-state index contributed by atoms with van der Waals surface area (Å²) in [4.78, 5) is 27.8. The molecule has 0 aromatic heterocycles. The van der Waals surface area contributed by atoms with Crippen molar-refractivity contribution in [1.82, 2.24) is 10.2 Å². The van der Waals surface area contributed by atoms with E-state index in [-0.39, 0.29) is 41.8 Å². The molecule has 0 unspecified atom stereocenters. The molecule has 0 heterocycles. The largest absolute Gasteiger partial charge is 0.352 e. The topological polar surface area (TPSA) is 49.4 Å². The smallest absolute Gasteiger partial charge is 0.243 e. The fourth-order valence-electron chi connectivity index (χ4n) is 3.99. The van der Waals surface area contributed by atoms with Gasteiger partial charge in [0.25, 0.3) is 0 Å². The van der Waals surface area contributed by atoms with E-state index in [4.69, 9.17) is 0 Å². The predicted octanol–water partition coefficient (Wildman–Crippen LogP) is 5.06. The Bertz CT molecular complexity index is 884. The number of nitrogens with zero attached hydrogens (tertiary/aromatic N) is 1. The van der Waals surface area contributed by atoms with Crippen LogP contribution in [0.2, 0.25) is 0 Å². The quantitative estimate of drug-likeness (QED) is 0.539. The van der Waals surface area contributed by atoms with Crippen LogP contribution in [0.25, 0.3) is 0 Å². The molecule has 1 aliphatic rings. The zero-order valence-electron chi connectivity index (χ0n) is 18.4. The molecule has 7 heteroatoms. The minimum Gasteiger partial charge on any atom is -0.352 e. The fraction of sp³-hybridized carbons (Fsp3) is 0.440. The van der Waals surface area contributed by atoms with E-state index in [0.717, 1.165) is 36.8 Å². The maximum absolute atomic E-state index is 13.3. The van der Waals surface area contributed by atoms with E-state index in [1.54, 1.807) is 29.2 Å². The highest BCUT2D eigenvalue weighted by molar-refractivity contribution is 7.99. The Balaban J connectivity index is 1.68. The van der Waals surface area contributed by atoms with Gasteiger partial charge >= 0.3 is 0 Å². The van der Waals surface area contributed by atoms with Gasteiger partial charge in [-0.15, -0.1) is 11.8 Å². The molecule has 1 N–H and O–H groups in total. The second kappa shape index (κ2) is 12.0. The summed E-state index contributed by atoms with van der Waals surface area (Å²) in [5.41, 5.74) is 1.70. The van der Waals surface area contributed by atoms with Gasteiger partial charge in [0.1, 0.15) is 17.7 Å². The lowest BCUT2D eigenvalue weighted by Gasteiger charge is -2.31. The third kappa shape index (κ3) is 7.05. The van der Waals surface area contributed by atoms with E-state index in [2.05, 4.69) is 5.32 Å². The molecule has 172 valence electrons. The number of nitrogens with one attached hydrogen (secondary N) is 1. The summed E-state index contributed by atoms with van der Waals surface area (Å²) < 4.78 is 26.4. The number of thioether (sulfide) groups is 1. The summed E-state index contributed by atoms with van der Waals surface area (Å²) in [6, 6.07) is 11.8. The van der Waals surface area contributed by atoms with Crippen LogP contribution < -0.4 is 5.32 Å². The molecule has 32 heavy (non-hydrogen) atoms. The highest BCUT2D eigenvalue weighted by Crippen LogP contribution is 2.20. The summed E-state index contributed by atoms with van der Waals surface area (Å²) in [5, 5.41) is 3.11. The van der Waals surface area contributed by atoms with Crippen molar-refractivity contribution in [3.8, 4) is 0 Å². The molecule has 2 amide bonds. The number of benzene rings is 2. The molecule has 0 bridgehead atoms. The first kappa shape index (κ1) is 24.2. The van der Waals surface area contributed by atoms with Crippen LogP contribution in [0.15, 0.2) is 48.5 Å². The molecular formula is C25H30F2N2O2S. The molecule has 0 aliphatic heterocycles. The number of hydrogen-bond acceptors (Lipinski definition) is 3. The average molecular weight is 461 g/mol. The lowest BCUT2D eigenvalue weighted by Crippen LogP contribution is -2.51. The maximum atomic E-state index is 13.3. The normalized spacial score (nSPS) is 14.8. The highest BCUT2D eigenvalue weighted by atomic mass is 32.2. The van der Waals surface area contributed by atoms with E-state index in [1.807, 2.05) is 6.92 Å². The van der Waals surface area contributed by atoms with Gasteiger partial charge in [0.05, 0.1) is 5.75 Å². The number of carbonyl (C=O) groups is 2. The zero-order chi connectivity index (χ0) is 22.9. The van der Waals surface area contributed by atoms with E-state index in [1.165, 1.54) is 36.0 Å². The van der Waals surface area contributed by atoms with Gasteiger partial charge in [-0.25, -0.2) is 8.78 Å². The second-order valence-electron chi connectivity index (χ2n) is 8.18. The standard InChI is InChI=1S/C25H30F2N2O2S/c1-2-23(25(31)28-22-5-3-4-6-22)29(15-18-7-11-20(26)12-8-18)24(30)17-32-16-19-9-13-21(27)14-10-19/h7-14,22-23H,2-6,15-17H2,1H3,(H,28,31)/t23-/m1/s1. The summed E-state index contributed by atoms with van der Waals surface area (Å²) in [6.07, 6.45) is 4.66. The zero-order valence-corrected chi connectivity index (χ0v) is 19.2. The summed E-state index contributed by atoms with van der Waals surface area (Å²) in [7, 11) is 0. The Morgan fingerprint density at radius 2 is 1.56 bits per heavy atom. The minimum atomic E-state index is -0.584. The van der Waals surface area contributed by atoms with Crippen molar-refractivity contribution in [2.75, 3.05) is 5.75 Å². The Labute approximate surface area is 192 Å². The first-order valence-electron chi connectivity index (χ1n) is 11.1. The highest BCUT2D eigenvalue weighted by Gasteiger charge is 2.30. The number of halogens is 2. The van der Waals surface area contributed by atoms with Gasteiger partial charge in [0.15, 0.2) is 0 Å². The van der Waals surface area contributed by atoms with Gasteiger partial charge in [-0.1, -0.05) is 44.0 Å². The number of carbonyl (C=O) groups excluding carboxylic acids is 2. The first-order chi connectivity index (χ1) is 15.5. The molecule has 3 rings (SSSR count). The first-order valence-corrected chi connectivity index (χ1v) is 12.3. The Hall–Kier alpha value is -2.41. The van der Waals surface area contributed by atoms with Crippen molar-refractivity contribution in [2.45, 2.75) is 63.4 Å². The van der Waals surface area contributed by atoms with Crippen LogP contribution in [0.1, 0.15) is 50.2 Å². The van der Waals surface area contributed by atoms with Crippen LogP contribution >= 0.6 is 11.8 Å². The van der Waals surface area contributed by atoms with Crippen LogP contribution in [-0.2, 0) is 21.9 Å². The minimum absolute atomic E-state index is 0.126. The summed E-state index contributed by atoms with van der Waals surface area (Å²) >= 11 is 1.43. The van der Waals surface area contributed by atoms with Gasteiger partial charge in [-0.2, -0.15) is 0 Å². The molecule has 4 nitrogen and oxygen atoms in total. The van der Waals surface area contributed by atoms with Gasteiger partial charge in [-0.05, 0) is 54.7 Å². The molecule has 2 aromatic rings. The van der Waals surface area contributed by atoms with Gasteiger partial charge in [0, 0.05) is 18.3 Å². The molecule has 1 fully saturated rings. The van der Waals surface area contributed by atoms with Crippen LogP contribution in [0, 0.1) is 11.6 Å². The van der Waals surface area contributed by atoms with Crippen LogP contribution in [0.4, 0.5) is 8.78 Å². The predicted molar refractivity (Wildman–Crippen MR) is 124 cm³/mol. The van der Waals surface area contributed by atoms with Crippen molar-refractivity contribution in [3.63, 3.8) is 0 Å². The molecule has 1 atom stereocenters. The fourth-order valence-corrected chi connectivity index (χ4v) is 4.86. The van der Waals surface area contributed by atoms with Gasteiger partial charge in [-0.3, -0.25) is 9.59 Å². The van der Waals surface area contributed by atoms with Crippen LogP contribution in [0.5, 0.6) is 0 Å². The van der Waals surface area contributed by atoms with E-state index < -0.39 is 6.04 Å². The number of hydrogen-bond donors (Lipinski definition) is 1. The molecule has 0 spiro atoms. The lowest BCUT2D eigenvalue weighted by molar-refractivity contribution is -0.139. The van der Waals surface area contributed by atoms with Crippen LogP contribution in [0.3, 0.4) is 0 Å².